The molecule has 2 atom stereocenters. The van der Waals surface area contributed by atoms with Crippen molar-refractivity contribution in [3.8, 4) is 5.75 Å². The summed E-state index contributed by atoms with van der Waals surface area (Å²) in [4.78, 5) is 21.6. The molecule has 3 rings (SSSR count). The van der Waals surface area contributed by atoms with Gasteiger partial charge in [-0.15, -0.1) is 0 Å². The van der Waals surface area contributed by atoms with E-state index in [9.17, 15) is 9.59 Å². The van der Waals surface area contributed by atoms with Crippen LogP contribution in [0.3, 0.4) is 0 Å². The van der Waals surface area contributed by atoms with Crippen molar-refractivity contribution in [2.75, 3.05) is 7.05 Å². The van der Waals surface area contributed by atoms with Gasteiger partial charge in [0.2, 0.25) is 0 Å². The van der Waals surface area contributed by atoms with Crippen molar-refractivity contribution in [1.82, 2.24) is 4.90 Å². The van der Waals surface area contributed by atoms with Crippen molar-refractivity contribution in [2.24, 2.45) is 0 Å². The number of carboxylic acids is 2. The van der Waals surface area contributed by atoms with Crippen LogP contribution in [0.25, 0.3) is 0 Å². The van der Waals surface area contributed by atoms with Gasteiger partial charge in [-0.25, -0.2) is 9.59 Å². The molecule has 2 aliphatic heterocycles. The van der Waals surface area contributed by atoms with Gasteiger partial charge in [0.05, 0.1) is 0 Å². The quantitative estimate of drug-likeness (QED) is 0.777. The number of fused-ring (bicyclic) bond motifs is 2. The summed E-state index contributed by atoms with van der Waals surface area (Å²) in [6.45, 7) is 2.02. The highest BCUT2D eigenvalue weighted by atomic mass is 35.5. The fourth-order valence-electron chi connectivity index (χ4n) is 3.48. The minimum absolute atomic E-state index is 0.374. The Labute approximate surface area is 158 Å². The monoisotopic (exact) mass is 381 g/mol. The van der Waals surface area contributed by atoms with E-state index in [0.717, 1.165) is 41.3 Å². The number of hydrogen-bond donors (Lipinski definition) is 2. The van der Waals surface area contributed by atoms with Crippen LogP contribution in [0.4, 0.5) is 0 Å². The van der Waals surface area contributed by atoms with Gasteiger partial charge in [-0.05, 0) is 63.4 Å². The molecule has 0 aliphatic carbocycles. The van der Waals surface area contributed by atoms with E-state index >= 15 is 0 Å². The fourth-order valence-corrected chi connectivity index (χ4v) is 3.60. The van der Waals surface area contributed by atoms with Crippen LogP contribution in [0.2, 0.25) is 5.02 Å². The average molecular weight is 382 g/mol. The first kappa shape index (κ1) is 20.3. The van der Waals surface area contributed by atoms with Crippen molar-refractivity contribution in [3.05, 3.63) is 40.9 Å². The summed E-state index contributed by atoms with van der Waals surface area (Å²) in [5, 5.41) is 16.4. The number of carboxylic acid groups (broad SMARTS) is 2. The topological polar surface area (TPSA) is 87.1 Å². The molecule has 0 saturated carbocycles. The minimum Gasteiger partial charge on any atom is -0.490 e. The lowest BCUT2D eigenvalue weighted by atomic mass is 10.0. The summed E-state index contributed by atoms with van der Waals surface area (Å²) in [5.41, 5.74) is 1.09. The van der Waals surface area contributed by atoms with Gasteiger partial charge in [-0.3, -0.25) is 0 Å². The predicted octanol–water partition coefficient (Wildman–Crippen LogP) is 3.36. The smallest absolute Gasteiger partial charge is 0.328 e. The summed E-state index contributed by atoms with van der Waals surface area (Å²) < 4.78 is 6.13. The van der Waals surface area contributed by atoms with Crippen LogP contribution in [-0.4, -0.2) is 52.3 Å². The predicted molar refractivity (Wildman–Crippen MR) is 98.8 cm³/mol. The van der Waals surface area contributed by atoms with Crippen LogP contribution in [0.1, 0.15) is 31.2 Å². The van der Waals surface area contributed by atoms with E-state index in [0.29, 0.717) is 18.3 Å². The maximum absolute atomic E-state index is 9.55. The Hall–Kier alpha value is -2.05. The van der Waals surface area contributed by atoms with Crippen LogP contribution in [-0.2, 0) is 9.59 Å². The first-order chi connectivity index (χ1) is 12.3. The number of benzene rings is 1. The molecule has 2 fully saturated rings. The lowest BCUT2D eigenvalue weighted by Crippen LogP contribution is -2.43. The Balaban J connectivity index is 0.000000260. The molecule has 1 aromatic rings. The number of hydrogen-bond acceptors (Lipinski definition) is 4. The second-order valence-electron chi connectivity index (χ2n) is 6.68. The summed E-state index contributed by atoms with van der Waals surface area (Å²) in [6, 6.07) is 7.40. The zero-order chi connectivity index (χ0) is 19.3. The van der Waals surface area contributed by atoms with Crippen LogP contribution >= 0.6 is 11.6 Å². The Morgan fingerprint density at radius 1 is 1.15 bits per heavy atom. The molecule has 26 heavy (non-hydrogen) atoms. The van der Waals surface area contributed by atoms with Crippen LogP contribution in [0, 0.1) is 6.92 Å². The van der Waals surface area contributed by atoms with E-state index in [-0.39, 0.29) is 0 Å². The third-order valence-electron chi connectivity index (χ3n) is 4.86. The number of halogens is 1. The van der Waals surface area contributed by atoms with Gasteiger partial charge >= 0.3 is 11.9 Å². The third-order valence-corrected chi connectivity index (χ3v) is 5.28. The van der Waals surface area contributed by atoms with E-state index in [1.807, 2.05) is 25.1 Å². The zero-order valence-corrected chi connectivity index (χ0v) is 15.6. The molecule has 7 heteroatoms. The second kappa shape index (κ2) is 9.05. The maximum atomic E-state index is 9.55. The van der Waals surface area contributed by atoms with Gasteiger partial charge in [0.1, 0.15) is 11.9 Å². The lowest BCUT2D eigenvalue weighted by Gasteiger charge is -2.36. The molecule has 2 bridgehead atoms. The molecular weight excluding hydrogens is 358 g/mol. The van der Waals surface area contributed by atoms with Gasteiger partial charge in [0, 0.05) is 29.3 Å². The molecule has 1 aromatic carbocycles. The van der Waals surface area contributed by atoms with Gasteiger partial charge < -0.3 is 19.8 Å². The largest absolute Gasteiger partial charge is 0.490 e. The van der Waals surface area contributed by atoms with Crippen molar-refractivity contribution in [2.45, 2.75) is 50.8 Å². The molecule has 0 amide bonds. The highest BCUT2D eigenvalue weighted by Gasteiger charge is 2.39. The van der Waals surface area contributed by atoms with Gasteiger partial charge in [-0.1, -0.05) is 11.6 Å². The summed E-state index contributed by atoms with van der Waals surface area (Å²) >= 11 is 6.04. The number of aryl methyl sites for hydroxylation is 1. The number of nitrogens with zero attached hydrogens (tertiary/aromatic N) is 1. The fraction of sp³-hybridized carbons (Fsp3) is 0.474. The van der Waals surface area contributed by atoms with Gasteiger partial charge in [0.15, 0.2) is 0 Å². The van der Waals surface area contributed by atoms with Crippen LogP contribution in [0.15, 0.2) is 30.4 Å². The number of rotatable bonds is 4. The third kappa shape index (κ3) is 5.75. The Morgan fingerprint density at radius 2 is 1.69 bits per heavy atom. The van der Waals surface area contributed by atoms with E-state index in [2.05, 4.69) is 11.9 Å². The first-order valence-electron chi connectivity index (χ1n) is 8.55. The molecule has 0 spiro atoms. The van der Waals surface area contributed by atoms with E-state index in [1.54, 1.807) is 0 Å². The highest BCUT2D eigenvalue weighted by Crippen LogP contribution is 2.36. The SMILES string of the molecule is Cc1cc(OC2CC3CCC(C2)N3C)ccc1Cl.O=C(O)/C=C/C(=O)O. The average Bonchev–Trinajstić information content (AvgIpc) is 2.79. The van der Waals surface area contributed by atoms with Gasteiger partial charge in [0.25, 0.3) is 0 Å². The van der Waals surface area contributed by atoms with Crippen molar-refractivity contribution >= 4 is 23.5 Å². The highest BCUT2D eigenvalue weighted by molar-refractivity contribution is 6.31. The number of piperidine rings is 1. The minimum atomic E-state index is -1.26. The lowest BCUT2D eigenvalue weighted by molar-refractivity contribution is -0.134. The van der Waals surface area contributed by atoms with Crippen molar-refractivity contribution in [3.63, 3.8) is 0 Å². The van der Waals surface area contributed by atoms with Gasteiger partial charge in [-0.2, -0.15) is 0 Å². The van der Waals surface area contributed by atoms with Crippen molar-refractivity contribution < 1.29 is 24.5 Å². The normalized spacial score (nSPS) is 24.8. The molecule has 2 unspecified atom stereocenters. The summed E-state index contributed by atoms with van der Waals surface area (Å²) in [6.07, 6.45) is 6.48. The molecule has 0 aromatic heterocycles. The first-order valence-corrected chi connectivity index (χ1v) is 8.92. The molecule has 6 nitrogen and oxygen atoms in total. The molecule has 2 heterocycles. The Kier molecular flexibility index (Phi) is 7.06. The summed E-state index contributed by atoms with van der Waals surface area (Å²) in [5.74, 6) is -1.55. The Morgan fingerprint density at radius 3 is 2.15 bits per heavy atom. The molecule has 2 aliphatic rings. The van der Waals surface area contributed by atoms with E-state index in [1.165, 1.54) is 12.8 Å². The Bertz CT molecular complexity index is 661. The van der Waals surface area contributed by atoms with Crippen LogP contribution < -0.4 is 4.74 Å². The number of ether oxygens (including phenoxy) is 1. The van der Waals surface area contributed by atoms with E-state index in [4.69, 9.17) is 26.6 Å². The second-order valence-corrected chi connectivity index (χ2v) is 7.09. The standard InChI is InChI=1S/C15H20ClNO.C4H4O4/c1-10-7-13(5-6-15(10)16)18-14-8-11-3-4-12(9-14)17(11)2;5-3(6)1-2-4(7)8/h5-7,11-12,14H,3-4,8-9H2,1-2H3;1-2H,(H,5,6)(H,7,8)/b;2-1+. The van der Waals surface area contributed by atoms with Crippen LogP contribution in [0.5, 0.6) is 5.75 Å². The zero-order valence-electron chi connectivity index (χ0n) is 14.9. The number of aliphatic carboxylic acids is 2. The maximum Gasteiger partial charge on any atom is 0.328 e. The molecule has 0 radical (unpaired) electrons. The molecule has 2 saturated heterocycles. The molecular formula is C19H24ClNO5. The van der Waals surface area contributed by atoms with E-state index < -0.39 is 11.9 Å². The summed E-state index contributed by atoms with van der Waals surface area (Å²) in [7, 11) is 2.25. The molecule has 142 valence electrons. The number of carbonyl (C=O) groups is 2. The van der Waals surface area contributed by atoms with Crippen molar-refractivity contribution in [1.29, 1.82) is 0 Å². The molecule has 2 N–H and O–H groups in total.